The molecule has 0 aliphatic rings. The monoisotopic (exact) mass is 222 g/mol. The minimum atomic E-state index is -0.762. The van der Waals surface area contributed by atoms with Gasteiger partial charge in [0.05, 0.1) is 13.5 Å². The van der Waals surface area contributed by atoms with Gasteiger partial charge in [-0.25, -0.2) is 0 Å². The van der Waals surface area contributed by atoms with Crippen LogP contribution in [-0.2, 0) is 4.79 Å². The van der Waals surface area contributed by atoms with Crippen LogP contribution in [0.4, 0.5) is 0 Å². The third-order valence-corrected chi connectivity index (χ3v) is 2.72. The highest BCUT2D eigenvalue weighted by Crippen LogP contribution is 2.29. The zero-order valence-corrected chi connectivity index (χ0v) is 9.93. The molecule has 0 fully saturated rings. The van der Waals surface area contributed by atoms with Crippen molar-refractivity contribution in [3.05, 3.63) is 29.8 Å². The van der Waals surface area contributed by atoms with Gasteiger partial charge in [0.15, 0.2) is 0 Å². The Balaban J connectivity index is 2.95. The summed E-state index contributed by atoms with van der Waals surface area (Å²) < 4.78 is 5.14. The fourth-order valence-electron chi connectivity index (χ4n) is 1.80. The minimum absolute atomic E-state index is 0.0348. The molecule has 1 aromatic rings. The Bertz CT molecular complexity index is 358. The molecule has 0 saturated heterocycles. The molecule has 1 atom stereocenters. The maximum Gasteiger partial charge on any atom is 0.303 e. The lowest BCUT2D eigenvalue weighted by molar-refractivity contribution is -0.137. The second kappa shape index (κ2) is 5.54. The van der Waals surface area contributed by atoms with Crippen molar-refractivity contribution in [3.8, 4) is 5.75 Å². The molecule has 16 heavy (non-hydrogen) atoms. The molecule has 0 amide bonds. The number of carboxylic acid groups (broad SMARTS) is 1. The summed E-state index contributed by atoms with van der Waals surface area (Å²) in [5.41, 5.74) is 1.02. The summed E-state index contributed by atoms with van der Waals surface area (Å²) in [5, 5.41) is 8.89. The third kappa shape index (κ3) is 3.26. The molecular formula is C13H18O3. The number of carbonyl (C=O) groups is 1. The average Bonchev–Trinajstić information content (AvgIpc) is 2.25. The quantitative estimate of drug-likeness (QED) is 0.833. The normalized spacial score (nSPS) is 12.5. The van der Waals surface area contributed by atoms with Crippen LogP contribution in [0.25, 0.3) is 0 Å². The summed E-state index contributed by atoms with van der Waals surface area (Å²) in [6.45, 7) is 4.07. The van der Waals surface area contributed by atoms with Gasteiger partial charge in [0.1, 0.15) is 5.75 Å². The van der Waals surface area contributed by atoms with Crippen molar-refractivity contribution < 1.29 is 14.6 Å². The zero-order chi connectivity index (χ0) is 12.1. The van der Waals surface area contributed by atoms with E-state index in [4.69, 9.17) is 9.84 Å². The van der Waals surface area contributed by atoms with E-state index < -0.39 is 5.97 Å². The molecule has 0 saturated carbocycles. The van der Waals surface area contributed by atoms with E-state index in [0.717, 1.165) is 11.3 Å². The van der Waals surface area contributed by atoms with Crippen LogP contribution in [0, 0.1) is 5.92 Å². The number of rotatable bonds is 5. The zero-order valence-electron chi connectivity index (χ0n) is 9.93. The highest BCUT2D eigenvalue weighted by Gasteiger charge is 2.19. The molecule has 0 bridgehead atoms. The first-order valence-corrected chi connectivity index (χ1v) is 5.40. The van der Waals surface area contributed by atoms with Crippen molar-refractivity contribution in [3.63, 3.8) is 0 Å². The molecule has 0 aliphatic carbocycles. The van der Waals surface area contributed by atoms with E-state index in [0.29, 0.717) is 5.92 Å². The predicted octanol–water partition coefficient (Wildman–Crippen LogP) is 2.91. The molecule has 1 unspecified atom stereocenters. The first-order chi connectivity index (χ1) is 7.54. The molecule has 88 valence electrons. The van der Waals surface area contributed by atoms with Crippen molar-refractivity contribution in [1.82, 2.24) is 0 Å². The van der Waals surface area contributed by atoms with Crippen molar-refractivity contribution in [2.75, 3.05) is 7.11 Å². The van der Waals surface area contributed by atoms with E-state index in [-0.39, 0.29) is 12.3 Å². The van der Waals surface area contributed by atoms with E-state index >= 15 is 0 Å². The summed E-state index contributed by atoms with van der Waals surface area (Å²) in [6.07, 6.45) is 0.158. The molecule has 0 aromatic heterocycles. The van der Waals surface area contributed by atoms with Crippen LogP contribution in [0.5, 0.6) is 5.75 Å². The largest absolute Gasteiger partial charge is 0.497 e. The molecule has 1 N–H and O–H groups in total. The van der Waals surface area contributed by atoms with Crippen molar-refractivity contribution in [2.24, 2.45) is 5.92 Å². The van der Waals surface area contributed by atoms with Gasteiger partial charge in [0, 0.05) is 0 Å². The Morgan fingerprint density at radius 2 is 2.12 bits per heavy atom. The Kier molecular flexibility index (Phi) is 4.35. The SMILES string of the molecule is COc1cccc(C(CC(=O)O)C(C)C)c1. The van der Waals surface area contributed by atoms with Gasteiger partial charge in [0.25, 0.3) is 0 Å². The van der Waals surface area contributed by atoms with Gasteiger partial charge in [-0.1, -0.05) is 26.0 Å². The summed E-state index contributed by atoms with van der Waals surface area (Å²) in [5.74, 6) is 0.339. The number of benzene rings is 1. The van der Waals surface area contributed by atoms with Crippen LogP contribution >= 0.6 is 0 Å². The summed E-state index contributed by atoms with van der Waals surface area (Å²) in [7, 11) is 1.61. The standard InChI is InChI=1S/C13H18O3/c1-9(2)12(8-13(14)15)10-5-4-6-11(7-10)16-3/h4-7,9,12H,8H2,1-3H3,(H,14,15). The van der Waals surface area contributed by atoms with Crippen LogP contribution in [-0.4, -0.2) is 18.2 Å². The van der Waals surface area contributed by atoms with Crippen LogP contribution < -0.4 is 4.74 Å². The molecule has 0 aliphatic heterocycles. The second-order valence-corrected chi connectivity index (χ2v) is 4.22. The molecule has 1 aromatic carbocycles. The Morgan fingerprint density at radius 1 is 1.44 bits per heavy atom. The number of hydrogen-bond donors (Lipinski definition) is 1. The minimum Gasteiger partial charge on any atom is -0.497 e. The summed E-state index contributed by atoms with van der Waals surface area (Å²) in [4.78, 5) is 10.8. The summed E-state index contributed by atoms with van der Waals surface area (Å²) >= 11 is 0. The predicted molar refractivity (Wildman–Crippen MR) is 62.8 cm³/mol. The number of carboxylic acids is 1. The number of ether oxygens (including phenoxy) is 1. The molecule has 3 heteroatoms. The van der Waals surface area contributed by atoms with E-state index in [1.807, 2.05) is 38.1 Å². The maximum absolute atomic E-state index is 10.8. The van der Waals surface area contributed by atoms with Gasteiger partial charge in [0.2, 0.25) is 0 Å². The molecular weight excluding hydrogens is 204 g/mol. The van der Waals surface area contributed by atoms with Crippen LogP contribution in [0.1, 0.15) is 31.7 Å². The summed E-state index contributed by atoms with van der Waals surface area (Å²) in [6, 6.07) is 7.62. The highest BCUT2D eigenvalue weighted by molar-refractivity contribution is 5.68. The van der Waals surface area contributed by atoms with Crippen LogP contribution in [0.2, 0.25) is 0 Å². The van der Waals surface area contributed by atoms with Crippen LogP contribution in [0.3, 0.4) is 0 Å². The second-order valence-electron chi connectivity index (χ2n) is 4.22. The first-order valence-electron chi connectivity index (χ1n) is 5.40. The fraction of sp³-hybridized carbons (Fsp3) is 0.462. The van der Waals surface area contributed by atoms with E-state index in [9.17, 15) is 4.79 Å². The maximum atomic E-state index is 10.8. The van der Waals surface area contributed by atoms with E-state index in [2.05, 4.69) is 0 Å². The van der Waals surface area contributed by atoms with E-state index in [1.54, 1.807) is 7.11 Å². The molecule has 0 heterocycles. The Hall–Kier alpha value is -1.51. The lowest BCUT2D eigenvalue weighted by Gasteiger charge is -2.19. The molecule has 3 nitrogen and oxygen atoms in total. The van der Waals surface area contributed by atoms with Gasteiger partial charge >= 0.3 is 5.97 Å². The Morgan fingerprint density at radius 3 is 2.62 bits per heavy atom. The van der Waals surface area contributed by atoms with Gasteiger partial charge < -0.3 is 9.84 Å². The van der Waals surface area contributed by atoms with Crippen LogP contribution in [0.15, 0.2) is 24.3 Å². The van der Waals surface area contributed by atoms with Gasteiger partial charge in [-0.2, -0.15) is 0 Å². The number of aliphatic carboxylic acids is 1. The van der Waals surface area contributed by atoms with Crippen molar-refractivity contribution >= 4 is 5.97 Å². The fourth-order valence-corrected chi connectivity index (χ4v) is 1.80. The molecule has 0 spiro atoms. The van der Waals surface area contributed by atoms with Gasteiger partial charge in [-0.05, 0) is 29.5 Å². The van der Waals surface area contributed by atoms with Gasteiger partial charge in [-0.3, -0.25) is 4.79 Å². The topological polar surface area (TPSA) is 46.5 Å². The van der Waals surface area contributed by atoms with Gasteiger partial charge in [-0.15, -0.1) is 0 Å². The first kappa shape index (κ1) is 12.6. The lowest BCUT2D eigenvalue weighted by Crippen LogP contribution is -2.12. The smallest absolute Gasteiger partial charge is 0.303 e. The number of hydrogen-bond acceptors (Lipinski definition) is 2. The lowest BCUT2D eigenvalue weighted by atomic mass is 9.86. The highest BCUT2D eigenvalue weighted by atomic mass is 16.5. The Labute approximate surface area is 96.1 Å². The van der Waals surface area contributed by atoms with E-state index in [1.165, 1.54) is 0 Å². The van der Waals surface area contributed by atoms with Crippen molar-refractivity contribution in [1.29, 1.82) is 0 Å². The van der Waals surface area contributed by atoms with Crippen molar-refractivity contribution in [2.45, 2.75) is 26.2 Å². The average molecular weight is 222 g/mol. The third-order valence-electron chi connectivity index (χ3n) is 2.72. The molecule has 1 rings (SSSR count). The number of methoxy groups -OCH3 is 1. The molecule has 0 radical (unpaired) electrons.